The van der Waals surface area contributed by atoms with Gasteiger partial charge in [0.25, 0.3) is 0 Å². The fraction of sp³-hybridized carbons (Fsp3) is 0.688. The van der Waals surface area contributed by atoms with Gasteiger partial charge in [0.15, 0.2) is 0 Å². The van der Waals surface area contributed by atoms with E-state index in [9.17, 15) is 0 Å². The summed E-state index contributed by atoms with van der Waals surface area (Å²) in [5, 5.41) is 3.70. The Labute approximate surface area is 117 Å². The molecule has 0 aliphatic heterocycles. The molecule has 2 rings (SSSR count). The van der Waals surface area contributed by atoms with Crippen LogP contribution < -0.4 is 5.32 Å². The Morgan fingerprint density at radius 2 is 2.00 bits per heavy atom. The van der Waals surface area contributed by atoms with E-state index in [0.29, 0.717) is 6.04 Å². The normalized spacial score (nSPS) is 19.8. The Kier molecular flexibility index (Phi) is 4.58. The van der Waals surface area contributed by atoms with Gasteiger partial charge in [0.05, 0.1) is 6.04 Å². The number of likely N-dealkylation sites (N-methyl/N-ethyl adjacent to an activating group) is 2. The summed E-state index contributed by atoms with van der Waals surface area (Å²) in [6, 6.07) is 4.74. The van der Waals surface area contributed by atoms with Gasteiger partial charge in [-0.05, 0) is 52.0 Å². The standard InChI is InChI=1S/C16H27N3/c1-5-17-15(14-9-8-13(2)18-12-14)16(19(3)4)10-6-7-11-16/h8-9,12,15,17H,5-7,10-11H2,1-4H3. The molecule has 0 radical (unpaired) electrons. The molecule has 1 heterocycles. The van der Waals surface area contributed by atoms with Gasteiger partial charge in [0, 0.05) is 17.4 Å². The molecule has 1 aliphatic rings. The molecule has 0 amide bonds. The van der Waals surface area contributed by atoms with Crippen molar-refractivity contribution in [3.63, 3.8) is 0 Å². The summed E-state index contributed by atoms with van der Waals surface area (Å²) in [5.74, 6) is 0. The molecule has 3 heteroatoms. The predicted octanol–water partition coefficient (Wildman–Crippen LogP) is 2.92. The van der Waals surface area contributed by atoms with Gasteiger partial charge in [-0.25, -0.2) is 0 Å². The summed E-state index contributed by atoms with van der Waals surface area (Å²) < 4.78 is 0. The smallest absolute Gasteiger partial charge is 0.0522 e. The Morgan fingerprint density at radius 3 is 2.47 bits per heavy atom. The van der Waals surface area contributed by atoms with Crippen LogP contribution in [0.25, 0.3) is 0 Å². The van der Waals surface area contributed by atoms with E-state index in [2.05, 4.69) is 48.4 Å². The zero-order valence-corrected chi connectivity index (χ0v) is 12.7. The molecule has 1 atom stereocenters. The van der Waals surface area contributed by atoms with Crippen LogP contribution >= 0.6 is 0 Å². The zero-order valence-electron chi connectivity index (χ0n) is 12.7. The van der Waals surface area contributed by atoms with Gasteiger partial charge in [-0.2, -0.15) is 0 Å². The van der Waals surface area contributed by atoms with E-state index in [4.69, 9.17) is 0 Å². The van der Waals surface area contributed by atoms with Crippen molar-refractivity contribution in [1.82, 2.24) is 15.2 Å². The van der Waals surface area contributed by atoms with Gasteiger partial charge in [0.2, 0.25) is 0 Å². The molecule has 1 aliphatic carbocycles. The summed E-state index contributed by atoms with van der Waals surface area (Å²) in [5.41, 5.74) is 2.65. The highest BCUT2D eigenvalue weighted by Gasteiger charge is 2.43. The number of pyridine rings is 1. The molecule has 0 bridgehead atoms. The third-order valence-corrected chi connectivity index (χ3v) is 4.57. The van der Waals surface area contributed by atoms with Gasteiger partial charge in [-0.3, -0.25) is 4.98 Å². The van der Waals surface area contributed by atoms with Crippen LogP contribution in [0.1, 0.15) is 49.9 Å². The molecular formula is C16H27N3. The van der Waals surface area contributed by atoms with Crippen molar-refractivity contribution >= 4 is 0 Å². The molecule has 1 fully saturated rings. The highest BCUT2D eigenvalue weighted by Crippen LogP contribution is 2.43. The minimum atomic E-state index is 0.243. The molecule has 106 valence electrons. The van der Waals surface area contributed by atoms with Crippen LogP contribution in [-0.2, 0) is 0 Å². The van der Waals surface area contributed by atoms with E-state index in [1.54, 1.807) is 0 Å². The number of nitrogens with one attached hydrogen (secondary N) is 1. The summed E-state index contributed by atoms with van der Waals surface area (Å²) in [7, 11) is 4.44. The van der Waals surface area contributed by atoms with Gasteiger partial charge in [-0.1, -0.05) is 25.8 Å². The average Bonchev–Trinajstić information content (AvgIpc) is 2.88. The van der Waals surface area contributed by atoms with Crippen molar-refractivity contribution in [1.29, 1.82) is 0 Å². The van der Waals surface area contributed by atoms with Crippen LogP contribution in [0, 0.1) is 6.92 Å². The van der Waals surface area contributed by atoms with E-state index in [0.717, 1.165) is 12.2 Å². The molecular weight excluding hydrogens is 234 g/mol. The first-order valence-corrected chi connectivity index (χ1v) is 7.43. The maximum absolute atomic E-state index is 4.49. The van der Waals surface area contributed by atoms with Crippen LogP contribution in [-0.4, -0.2) is 36.1 Å². The molecule has 0 spiro atoms. The van der Waals surface area contributed by atoms with Crippen molar-refractivity contribution in [2.45, 2.75) is 51.1 Å². The van der Waals surface area contributed by atoms with E-state index >= 15 is 0 Å². The molecule has 1 saturated carbocycles. The second-order valence-electron chi connectivity index (χ2n) is 5.93. The Balaban J connectivity index is 2.35. The summed E-state index contributed by atoms with van der Waals surface area (Å²) in [6.07, 6.45) is 7.25. The van der Waals surface area contributed by atoms with Gasteiger partial charge >= 0.3 is 0 Å². The second kappa shape index (κ2) is 6.02. The molecule has 1 aromatic rings. The van der Waals surface area contributed by atoms with Crippen molar-refractivity contribution in [3.8, 4) is 0 Å². The Hall–Kier alpha value is -0.930. The lowest BCUT2D eigenvalue weighted by Crippen LogP contribution is -2.52. The first-order chi connectivity index (χ1) is 9.10. The lowest BCUT2D eigenvalue weighted by atomic mass is 9.83. The largest absolute Gasteiger partial charge is 0.309 e. The molecule has 19 heavy (non-hydrogen) atoms. The first kappa shape index (κ1) is 14.5. The SMILES string of the molecule is CCNC(c1ccc(C)nc1)C1(N(C)C)CCCC1. The quantitative estimate of drug-likeness (QED) is 0.883. The monoisotopic (exact) mass is 261 g/mol. The van der Waals surface area contributed by atoms with Gasteiger partial charge in [-0.15, -0.1) is 0 Å². The molecule has 0 saturated heterocycles. The highest BCUT2D eigenvalue weighted by atomic mass is 15.2. The van der Waals surface area contributed by atoms with E-state index in [1.807, 2.05) is 13.1 Å². The maximum atomic E-state index is 4.49. The summed E-state index contributed by atoms with van der Waals surface area (Å²) in [4.78, 5) is 6.91. The van der Waals surface area contributed by atoms with Crippen LogP contribution in [0.4, 0.5) is 0 Å². The number of hydrogen-bond acceptors (Lipinski definition) is 3. The average molecular weight is 261 g/mol. The molecule has 0 aromatic carbocycles. The van der Waals surface area contributed by atoms with Crippen LogP contribution in [0.3, 0.4) is 0 Å². The Bertz CT molecular complexity index is 391. The number of aromatic nitrogens is 1. The molecule has 1 N–H and O–H groups in total. The lowest BCUT2D eigenvalue weighted by molar-refractivity contribution is 0.105. The van der Waals surface area contributed by atoms with Crippen molar-refractivity contribution in [3.05, 3.63) is 29.6 Å². The van der Waals surface area contributed by atoms with Crippen molar-refractivity contribution in [2.24, 2.45) is 0 Å². The van der Waals surface area contributed by atoms with Gasteiger partial charge in [0.1, 0.15) is 0 Å². The van der Waals surface area contributed by atoms with Crippen molar-refractivity contribution < 1.29 is 0 Å². The topological polar surface area (TPSA) is 28.2 Å². The van der Waals surface area contributed by atoms with Gasteiger partial charge < -0.3 is 10.2 Å². The van der Waals surface area contributed by atoms with E-state index < -0.39 is 0 Å². The van der Waals surface area contributed by atoms with Crippen LogP contribution in [0.5, 0.6) is 0 Å². The molecule has 1 unspecified atom stereocenters. The van der Waals surface area contributed by atoms with Crippen molar-refractivity contribution in [2.75, 3.05) is 20.6 Å². The summed E-state index contributed by atoms with van der Waals surface area (Å²) in [6.45, 7) is 5.23. The molecule has 3 nitrogen and oxygen atoms in total. The molecule has 1 aromatic heterocycles. The highest BCUT2D eigenvalue weighted by molar-refractivity contribution is 5.23. The third-order valence-electron chi connectivity index (χ3n) is 4.57. The van der Waals surface area contributed by atoms with E-state index in [1.165, 1.54) is 31.2 Å². The fourth-order valence-electron chi connectivity index (χ4n) is 3.45. The number of nitrogens with zero attached hydrogens (tertiary/aromatic N) is 2. The lowest BCUT2D eigenvalue weighted by Gasteiger charge is -2.44. The first-order valence-electron chi connectivity index (χ1n) is 7.43. The predicted molar refractivity (Wildman–Crippen MR) is 80.3 cm³/mol. The number of hydrogen-bond donors (Lipinski definition) is 1. The zero-order chi connectivity index (χ0) is 13.9. The van der Waals surface area contributed by atoms with E-state index in [-0.39, 0.29) is 5.54 Å². The summed E-state index contributed by atoms with van der Waals surface area (Å²) >= 11 is 0. The Morgan fingerprint density at radius 1 is 1.32 bits per heavy atom. The number of aryl methyl sites for hydroxylation is 1. The number of rotatable bonds is 5. The minimum absolute atomic E-state index is 0.243. The minimum Gasteiger partial charge on any atom is -0.309 e. The maximum Gasteiger partial charge on any atom is 0.0522 e. The van der Waals surface area contributed by atoms with Crippen LogP contribution in [0.2, 0.25) is 0 Å². The van der Waals surface area contributed by atoms with Crippen LogP contribution in [0.15, 0.2) is 18.3 Å². The third kappa shape index (κ3) is 2.82. The second-order valence-corrected chi connectivity index (χ2v) is 5.93. The fourth-order valence-corrected chi connectivity index (χ4v) is 3.45.